The van der Waals surface area contributed by atoms with Crippen LogP contribution in [0.1, 0.15) is 148 Å². The molecule has 666 valence electrons. The van der Waals surface area contributed by atoms with Gasteiger partial charge < -0.3 is 105 Å². The number of nitrogens with two attached hydrogens (primary N) is 1. The molecule has 0 spiro atoms. The van der Waals surface area contributed by atoms with Crippen molar-refractivity contribution < 1.29 is 100 Å². The zero-order valence-corrected chi connectivity index (χ0v) is 72.6. The van der Waals surface area contributed by atoms with Gasteiger partial charge in [-0.3, -0.25) is 38.5 Å². The molecule has 6 rings (SSSR count). The number of likely N-dealkylation sites (N-methyl/N-ethyl adjacent to an activating group) is 2. The van der Waals surface area contributed by atoms with Gasteiger partial charge in [0.2, 0.25) is 41.4 Å². The minimum atomic E-state index is -1.13. The van der Waals surface area contributed by atoms with Gasteiger partial charge in [0.1, 0.15) is 37.4 Å². The first-order chi connectivity index (χ1) is 57.5. The summed E-state index contributed by atoms with van der Waals surface area (Å²) in [7, 11) is 6.09. The van der Waals surface area contributed by atoms with Crippen molar-refractivity contribution in [1.82, 2.24) is 46.6 Å². The van der Waals surface area contributed by atoms with E-state index < -0.39 is 132 Å². The molecular formula is C88H133N11O21. The molecule has 0 radical (unpaired) electrons. The molecule has 11 amide bonds. The van der Waals surface area contributed by atoms with Crippen molar-refractivity contribution in [3.63, 3.8) is 0 Å². The highest BCUT2D eigenvalue weighted by molar-refractivity contribution is 5.98. The van der Waals surface area contributed by atoms with Gasteiger partial charge in [0.25, 0.3) is 0 Å². The summed E-state index contributed by atoms with van der Waals surface area (Å²) in [5.41, 5.74) is 11.4. The minimum Gasteiger partial charge on any atom is -0.449 e. The fraction of sp³-hybridized carbons (Fsp3) is 0.614. The molecule has 32 heteroatoms. The van der Waals surface area contributed by atoms with Crippen LogP contribution in [0.3, 0.4) is 0 Å². The van der Waals surface area contributed by atoms with E-state index in [1.807, 2.05) is 56.3 Å². The number of hydrogen-bond donors (Lipinski definition) is 9. The number of rotatable bonds is 55. The quantitative estimate of drug-likeness (QED) is 0.0192. The summed E-state index contributed by atoms with van der Waals surface area (Å²) < 4.78 is 56.8. The van der Waals surface area contributed by atoms with E-state index in [1.54, 1.807) is 109 Å². The number of alkyl carbamates (subject to hydrolysis) is 1. The largest absolute Gasteiger partial charge is 0.449 e. The third-order valence-corrected chi connectivity index (χ3v) is 21.7. The molecule has 1 saturated heterocycles. The van der Waals surface area contributed by atoms with E-state index in [9.17, 15) is 53.1 Å². The number of urea groups is 1. The molecule has 4 aromatic rings. The van der Waals surface area contributed by atoms with E-state index in [0.717, 1.165) is 11.1 Å². The van der Waals surface area contributed by atoms with Crippen molar-refractivity contribution in [2.45, 2.75) is 187 Å². The molecule has 0 bridgehead atoms. The normalized spacial score (nSPS) is 15.9. The molecule has 1 fully saturated rings. The van der Waals surface area contributed by atoms with Crippen LogP contribution in [0.5, 0.6) is 0 Å². The number of primary amides is 1. The summed E-state index contributed by atoms with van der Waals surface area (Å²) in [5.74, 6) is -5.41. The third-order valence-electron chi connectivity index (χ3n) is 21.7. The van der Waals surface area contributed by atoms with Crippen LogP contribution in [0.15, 0.2) is 103 Å². The number of nitrogens with one attached hydrogen (secondary N) is 7. The number of carbonyl (C=O) groups excluding carboxylic acids is 10. The Bertz CT molecular complexity index is 3780. The summed E-state index contributed by atoms with van der Waals surface area (Å²) in [6.07, 6.45) is -1.68. The van der Waals surface area contributed by atoms with Gasteiger partial charge in [0.05, 0.1) is 128 Å². The van der Waals surface area contributed by atoms with Crippen molar-refractivity contribution in [2.24, 2.45) is 35.3 Å². The molecule has 10 N–H and O–H groups in total. The van der Waals surface area contributed by atoms with Gasteiger partial charge in [-0.1, -0.05) is 160 Å². The lowest BCUT2D eigenvalue weighted by molar-refractivity contribution is -0.148. The molecular weight excluding hydrogens is 1550 g/mol. The highest BCUT2D eigenvalue weighted by Crippen LogP contribution is 2.44. The number of carbonyl (C=O) groups is 10. The lowest BCUT2D eigenvalue weighted by Gasteiger charge is -2.41. The molecule has 0 aromatic heterocycles. The van der Waals surface area contributed by atoms with Gasteiger partial charge in [0.15, 0.2) is 0 Å². The number of aliphatic hydroxyl groups is 1. The second-order valence-corrected chi connectivity index (χ2v) is 31.5. The Morgan fingerprint density at radius 3 is 1.68 bits per heavy atom. The van der Waals surface area contributed by atoms with Crippen LogP contribution in [-0.2, 0) is 87.5 Å². The standard InChI is InChI=1S/C88H133N11O21/c1-15-59(8)78(72(111-13)53-74(101)99-40-24-32-71(99)80(112-14)60(9)81(103)92-61(10)79(102)63-25-17-16-18-26-63)97(11)85(107)76(57(4)5)96-84(106)77(58(6)7)98(12)88(110)120-54-62-33-35-64(36-34-62)93-82(104)70(31-23-38-90-86(89)108)94-83(105)75(56(2)3)95-73(100)37-41-113-43-45-115-47-49-117-51-52-118-50-48-116-46-44-114-42-39-91-87(109)119-55-69-67-29-21-19-27-65(67)66-28-20-22-30-68(66)69/h16-22,25-30,33-36,56-61,69-72,75-80,102H,15,23-24,31-32,37-55H2,1-14H3,(H,91,109)(H,92,103)(H,93,104)(H,94,105)(H,95,100)(H,96,106)(H3,89,90,108)/t59-,60+,61+,70-,71-,72+,75-,76-,77-,78-,79+,80+/m0/s1. The van der Waals surface area contributed by atoms with Crippen LogP contribution in [0.25, 0.3) is 11.1 Å². The maximum atomic E-state index is 14.9. The summed E-state index contributed by atoms with van der Waals surface area (Å²) in [6.45, 7) is 22.6. The summed E-state index contributed by atoms with van der Waals surface area (Å²) in [4.78, 5) is 141. The molecule has 4 aromatic carbocycles. The lowest BCUT2D eigenvalue weighted by atomic mass is 9.89. The Labute approximate surface area is 707 Å². The molecule has 2 aliphatic rings. The van der Waals surface area contributed by atoms with Crippen molar-refractivity contribution in [3.8, 4) is 11.1 Å². The number of amides is 11. The minimum absolute atomic E-state index is 0.0103. The Morgan fingerprint density at radius 1 is 0.575 bits per heavy atom. The molecule has 0 saturated carbocycles. The summed E-state index contributed by atoms with van der Waals surface area (Å²) in [6, 6.07) is 25.0. The number of methoxy groups -OCH3 is 2. The Morgan fingerprint density at radius 2 is 1.13 bits per heavy atom. The first-order valence-electron chi connectivity index (χ1n) is 42.0. The van der Waals surface area contributed by atoms with Crippen molar-refractivity contribution >= 4 is 65.3 Å². The van der Waals surface area contributed by atoms with E-state index >= 15 is 0 Å². The third kappa shape index (κ3) is 31.6. The van der Waals surface area contributed by atoms with Crippen LogP contribution in [-0.4, -0.2) is 268 Å². The van der Waals surface area contributed by atoms with Crippen LogP contribution < -0.4 is 43.0 Å². The lowest BCUT2D eigenvalue weighted by Crippen LogP contribution is -2.60. The summed E-state index contributed by atoms with van der Waals surface area (Å²) >= 11 is 0. The van der Waals surface area contributed by atoms with Gasteiger partial charge in [-0.15, -0.1) is 0 Å². The highest BCUT2D eigenvalue weighted by Gasteiger charge is 2.44. The number of likely N-dealkylation sites (tertiary alicyclic amines) is 1. The van der Waals surface area contributed by atoms with Gasteiger partial charge in [-0.2, -0.15) is 0 Å². The number of hydrogen-bond acceptors (Lipinski definition) is 21. The van der Waals surface area contributed by atoms with Crippen LogP contribution >= 0.6 is 0 Å². The Hall–Kier alpha value is -9.38. The maximum Gasteiger partial charge on any atom is 0.410 e. The highest BCUT2D eigenvalue weighted by atomic mass is 16.6. The first-order valence-corrected chi connectivity index (χ1v) is 42.0. The predicted molar refractivity (Wildman–Crippen MR) is 452 cm³/mol. The van der Waals surface area contributed by atoms with Crippen molar-refractivity contribution in [1.29, 1.82) is 0 Å². The zero-order valence-electron chi connectivity index (χ0n) is 72.6. The second-order valence-electron chi connectivity index (χ2n) is 31.5. The Balaban J connectivity index is 0.868. The maximum absolute atomic E-state index is 14.9. The van der Waals surface area contributed by atoms with Crippen LogP contribution in [0, 0.1) is 29.6 Å². The van der Waals surface area contributed by atoms with Gasteiger partial charge in [0, 0.05) is 66.0 Å². The molecule has 1 aliphatic heterocycles. The number of anilines is 1. The zero-order chi connectivity index (χ0) is 87.8. The molecule has 0 unspecified atom stereocenters. The summed E-state index contributed by atoms with van der Waals surface area (Å²) in [5, 5.41) is 30.4. The average molecular weight is 1680 g/mol. The van der Waals surface area contributed by atoms with Gasteiger partial charge >= 0.3 is 18.2 Å². The van der Waals surface area contributed by atoms with Gasteiger partial charge in [-0.05, 0) is 102 Å². The molecule has 1 aliphatic carbocycles. The first kappa shape index (κ1) is 99.4. The fourth-order valence-corrected chi connectivity index (χ4v) is 14.9. The van der Waals surface area contributed by atoms with Gasteiger partial charge in [-0.25, -0.2) is 14.4 Å². The van der Waals surface area contributed by atoms with E-state index in [-0.39, 0.29) is 88.9 Å². The topological polar surface area (TPSA) is 403 Å². The number of aliphatic hydroxyl groups excluding tert-OH is 1. The number of benzene rings is 4. The number of fused-ring (bicyclic) bond motifs is 3. The Kier molecular flexibility index (Phi) is 43.7. The average Bonchev–Trinajstić information content (AvgIpc) is 1.60. The smallest absolute Gasteiger partial charge is 0.410 e. The monoisotopic (exact) mass is 1680 g/mol. The van der Waals surface area contributed by atoms with Crippen molar-refractivity contribution in [3.05, 3.63) is 125 Å². The van der Waals surface area contributed by atoms with Crippen LogP contribution in [0.4, 0.5) is 20.1 Å². The van der Waals surface area contributed by atoms with E-state index in [0.29, 0.717) is 109 Å². The molecule has 1 heterocycles. The SMILES string of the molecule is CC[C@H](C)[C@@H]([C@@H](CC(=O)N1CCC[C@H]1[C@H](OC)[C@@H](C)C(=O)N[C@H](C)[C@@H](O)c1ccccc1)OC)N(C)C(=O)[C@@H](NC(=O)[C@H](C(C)C)N(C)C(=O)OCc1ccc(NC(=O)[C@H](CCCNC(N)=O)NC(=O)[C@@H](NC(=O)CCOCCOCCOCCOCCOCCOCCNC(=O)OCC2c3ccccc3-c3ccccc32)C(C)C)cc1)C(C)C. The second kappa shape index (κ2) is 52.7. The molecule has 120 heavy (non-hydrogen) atoms. The van der Waals surface area contributed by atoms with E-state index in [2.05, 4.69) is 61.5 Å². The molecule has 32 nitrogen and oxygen atoms in total. The number of nitrogens with zero attached hydrogens (tertiary/aromatic N) is 3. The molecule has 12 atom stereocenters. The van der Waals surface area contributed by atoms with E-state index in [1.165, 1.54) is 37.3 Å². The van der Waals surface area contributed by atoms with Crippen molar-refractivity contribution in [2.75, 3.05) is 139 Å². The number of ether oxygens (including phenoxy) is 10. The fourth-order valence-electron chi connectivity index (χ4n) is 14.9. The van der Waals surface area contributed by atoms with E-state index in [4.69, 9.17) is 53.1 Å². The van der Waals surface area contributed by atoms with Crippen LogP contribution in [0.2, 0.25) is 0 Å². The predicted octanol–water partition coefficient (Wildman–Crippen LogP) is 7.62.